The van der Waals surface area contributed by atoms with Gasteiger partial charge in [0.25, 0.3) is 0 Å². The van der Waals surface area contributed by atoms with Crippen LogP contribution in [-0.2, 0) is 4.74 Å². The Bertz CT molecular complexity index is 602. The van der Waals surface area contributed by atoms with Crippen LogP contribution in [0, 0.1) is 11.3 Å². The number of piperazine rings is 1. The van der Waals surface area contributed by atoms with Gasteiger partial charge in [-0.25, -0.2) is 4.79 Å². The van der Waals surface area contributed by atoms with Gasteiger partial charge in [0.05, 0.1) is 31.9 Å². The fourth-order valence-electron chi connectivity index (χ4n) is 3.10. The molecule has 6 nitrogen and oxygen atoms in total. The number of nitrogens with zero attached hydrogens (tertiary/aromatic N) is 4. The number of pyridine rings is 1. The maximum absolute atomic E-state index is 12.2. The molecule has 1 amide bonds. The standard InChI is InChI=1S/C18H27N4O2.BrH/c1-15(16-7-5-6-9-20-16)22(12-8-19)13-10-21(11-14-22)17(23)24-18(2,3)4;/h5-7,9,15H,10-14H2,1-4H3;1H/q+1;/p-1. The highest BCUT2D eigenvalue weighted by Crippen LogP contribution is 2.29. The monoisotopic (exact) mass is 410 g/mol. The van der Waals surface area contributed by atoms with E-state index < -0.39 is 5.60 Å². The number of hydrogen-bond acceptors (Lipinski definition) is 4. The van der Waals surface area contributed by atoms with Crippen molar-refractivity contribution < 1.29 is 31.0 Å². The highest BCUT2D eigenvalue weighted by atomic mass is 79.9. The lowest BCUT2D eigenvalue weighted by Crippen LogP contribution is -3.00. The van der Waals surface area contributed by atoms with Crippen molar-refractivity contribution in [1.82, 2.24) is 9.88 Å². The fraction of sp³-hybridized carbons (Fsp3) is 0.611. The topological polar surface area (TPSA) is 66.2 Å². The summed E-state index contributed by atoms with van der Waals surface area (Å²) in [4.78, 5) is 18.4. The predicted octanol–water partition coefficient (Wildman–Crippen LogP) is -0.262. The maximum atomic E-state index is 12.2. The van der Waals surface area contributed by atoms with Crippen molar-refractivity contribution in [2.45, 2.75) is 39.3 Å². The number of halogens is 1. The van der Waals surface area contributed by atoms with Gasteiger partial charge in [0, 0.05) is 6.20 Å². The van der Waals surface area contributed by atoms with Crippen LogP contribution in [0.2, 0.25) is 0 Å². The molecule has 0 saturated carbocycles. The van der Waals surface area contributed by atoms with Gasteiger partial charge in [-0.15, -0.1) is 0 Å². The van der Waals surface area contributed by atoms with Crippen LogP contribution in [0.15, 0.2) is 24.4 Å². The predicted molar refractivity (Wildman–Crippen MR) is 90.9 cm³/mol. The third-order valence-corrected chi connectivity index (χ3v) is 4.61. The number of aromatic nitrogens is 1. The second-order valence-electron chi connectivity index (χ2n) is 7.38. The second kappa shape index (κ2) is 8.63. The molecule has 1 aromatic rings. The summed E-state index contributed by atoms with van der Waals surface area (Å²) in [5.74, 6) is 0. The van der Waals surface area contributed by atoms with E-state index in [0.717, 1.165) is 18.8 Å². The first-order valence-electron chi connectivity index (χ1n) is 8.39. The van der Waals surface area contributed by atoms with Gasteiger partial charge in [-0.1, -0.05) is 6.07 Å². The summed E-state index contributed by atoms with van der Waals surface area (Å²) in [6.07, 6.45) is 1.51. The minimum Gasteiger partial charge on any atom is -1.00 e. The molecule has 25 heavy (non-hydrogen) atoms. The lowest BCUT2D eigenvalue weighted by molar-refractivity contribution is -0.952. The lowest BCUT2D eigenvalue weighted by Gasteiger charge is -2.46. The summed E-state index contributed by atoms with van der Waals surface area (Å²) in [6.45, 7) is 10.8. The quantitative estimate of drug-likeness (QED) is 0.508. The van der Waals surface area contributed by atoms with Crippen LogP contribution in [0.3, 0.4) is 0 Å². The van der Waals surface area contributed by atoms with E-state index in [1.54, 1.807) is 11.1 Å². The van der Waals surface area contributed by atoms with Gasteiger partial charge in [-0.2, -0.15) is 5.26 Å². The largest absolute Gasteiger partial charge is 1.00 e. The van der Waals surface area contributed by atoms with Crippen LogP contribution in [0.25, 0.3) is 0 Å². The Morgan fingerprint density at radius 2 is 2.04 bits per heavy atom. The molecule has 7 heteroatoms. The van der Waals surface area contributed by atoms with Gasteiger partial charge in [0.15, 0.2) is 6.54 Å². The molecule has 1 aliphatic rings. The zero-order valence-electron chi connectivity index (χ0n) is 15.4. The van der Waals surface area contributed by atoms with Crippen LogP contribution in [0.1, 0.15) is 39.4 Å². The summed E-state index contributed by atoms with van der Waals surface area (Å²) in [6, 6.07) is 8.31. The molecule has 1 aliphatic heterocycles. The first kappa shape index (κ1) is 21.4. The molecule has 1 fully saturated rings. The summed E-state index contributed by atoms with van der Waals surface area (Å²) in [5, 5.41) is 9.32. The Morgan fingerprint density at radius 1 is 1.40 bits per heavy atom. The zero-order chi connectivity index (χ0) is 17.8. The molecule has 2 rings (SSSR count). The highest BCUT2D eigenvalue weighted by Gasteiger charge is 2.41. The number of rotatable bonds is 3. The molecule has 1 unspecified atom stereocenters. The van der Waals surface area contributed by atoms with Crippen LogP contribution in [0.5, 0.6) is 0 Å². The van der Waals surface area contributed by atoms with Crippen molar-refractivity contribution in [2.24, 2.45) is 0 Å². The zero-order valence-corrected chi connectivity index (χ0v) is 17.0. The Hall–Kier alpha value is -1.65. The minimum absolute atomic E-state index is 0. The van der Waals surface area contributed by atoms with Crippen molar-refractivity contribution in [1.29, 1.82) is 5.26 Å². The van der Waals surface area contributed by atoms with Crippen LogP contribution < -0.4 is 17.0 Å². The molecule has 0 bridgehead atoms. The molecule has 0 aromatic carbocycles. The van der Waals surface area contributed by atoms with Gasteiger partial charge in [0.2, 0.25) is 0 Å². The second-order valence-corrected chi connectivity index (χ2v) is 7.38. The summed E-state index contributed by atoms with van der Waals surface area (Å²) in [7, 11) is 0. The average molecular weight is 411 g/mol. The van der Waals surface area contributed by atoms with E-state index in [4.69, 9.17) is 4.74 Å². The first-order valence-corrected chi connectivity index (χ1v) is 8.39. The molecular weight excluding hydrogens is 384 g/mol. The van der Waals surface area contributed by atoms with E-state index in [1.165, 1.54) is 0 Å². The Kier molecular flexibility index (Phi) is 7.39. The highest BCUT2D eigenvalue weighted by molar-refractivity contribution is 5.68. The molecule has 0 N–H and O–H groups in total. The number of amides is 1. The third kappa shape index (κ3) is 5.41. The molecule has 0 spiro atoms. The van der Waals surface area contributed by atoms with E-state index >= 15 is 0 Å². The van der Waals surface area contributed by atoms with Gasteiger partial charge in [0.1, 0.15) is 17.7 Å². The van der Waals surface area contributed by atoms with Gasteiger partial charge in [-0.05, 0) is 39.8 Å². The molecule has 1 saturated heterocycles. The fourth-order valence-corrected chi connectivity index (χ4v) is 3.10. The number of quaternary nitrogens is 1. The average Bonchev–Trinajstić information content (AvgIpc) is 2.54. The first-order chi connectivity index (χ1) is 11.3. The Balaban J connectivity index is 0.00000312. The van der Waals surface area contributed by atoms with E-state index in [2.05, 4.69) is 18.0 Å². The van der Waals surface area contributed by atoms with Gasteiger partial charge in [-0.3, -0.25) is 9.88 Å². The normalized spacial score (nSPS) is 17.8. The third-order valence-electron chi connectivity index (χ3n) is 4.61. The van der Waals surface area contributed by atoms with Crippen molar-refractivity contribution in [3.63, 3.8) is 0 Å². The summed E-state index contributed by atoms with van der Waals surface area (Å²) >= 11 is 0. The van der Waals surface area contributed by atoms with Crippen molar-refractivity contribution in [3.8, 4) is 6.07 Å². The van der Waals surface area contributed by atoms with E-state index in [-0.39, 0.29) is 29.1 Å². The lowest BCUT2D eigenvalue weighted by atomic mass is 10.1. The van der Waals surface area contributed by atoms with Crippen molar-refractivity contribution in [2.75, 3.05) is 32.7 Å². The van der Waals surface area contributed by atoms with Gasteiger partial charge >= 0.3 is 6.09 Å². The summed E-state index contributed by atoms with van der Waals surface area (Å²) < 4.78 is 6.08. The maximum Gasteiger partial charge on any atom is 0.410 e. The SMILES string of the molecule is CC(c1ccccn1)[N+]1(CC#N)CCN(C(=O)OC(C)(C)C)CC1.[Br-]. The van der Waals surface area contributed by atoms with Gasteiger partial charge < -0.3 is 26.2 Å². The molecule has 138 valence electrons. The van der Waals surface area contributed by atoms with Crippen LogP contribution in [-0.4, -0.2) is 58.8 Å². The van der Waals surface area contributed by atoms with Crippen molar-refractivity contribution >= 4 is 6.09 Å². The van der Waals surface area contributed by atoms with Crippen LogP contribution >= 0.6 is 0 Å². The number of hydrogen-bond donors (Lipinski definition) is 0. The summed E-state index contributed by atoms with van der Waals surface area (Å²) in [5.41, 5.74) is 0.493. The number of ether oxygens (including phenoxy) is 1. The molecule has 1 atom stereocenters. The number of nitriles is 1. The Morgan fingerprint density at radius 3 is 2.52 bits per heavy atom. The molecular formula is C18H27BrN4O2. The number of carbonyl (C=O) groups excluding carboxylic acids is 1. The van der Waals surface area contributed by atoms with E-state index in [0.29, 0.717) is 24.1 Å². The molecule has 0 aliphatic carbocycles. The molecule has 2 heterocycles. The minimum atomic E-state index is -0.492. The van der Waals surface area contributed by atoms with E-state index in [9.17, 15) is 10.1 Å². The molecule has 1 aromatic heterocycles. The smallest absolute Gasteiger partial charge is 0.410 e. The molecule has 0 radical (unpaired) electrons. The van der Waals surface area contributed by atoms with Crippen molar-refractivity contribution in [3.05, 3.63) is 30.1 Å². The van der Waals surface area contributed by atoms with E-state index in [1.807, 2.05) is 39.0 Å². The van der Waals surface area contributed by atoms with Crippen LogP contribution in [0.4, 0.5) is 4.79 Å². The number of carbonyl (C=O) groups is 1. The Labute approximate surface area is 160 Å².